The van der Waals surface area contributed by atoms with Crippen LogP contribution in [-0.4, -0.2) is 31.0 Å². The summed E-state index contributed by atoms with van der Waals surface area (Å²) in [6, 6.07) is 13.1. The fourth-order valence-electron chi connectivity index (χ4n) is 4.00. The second kappa shape index (κ2) is 9.31. The summed E-state index contributed by atoms with van der Waals surface area (Å²) >= 11 is 0. The van der Waals surface area contributed by atoms with Gasteiger partial charge >= 0.3 is 5.63 Å². The predicted molar refractivity (Wildman–Crippen MR) is 115 cm³/mol. The van der Waals surface area contributed by atoms with E-state index in [0.717, 1.165) is 42.4 Å². The Bertz CT molecular complexity index is 1120. The van der Waals surface area contributed by atoms with Gasteiger partial charge in [0, 0.05) is 36.5 Å². The molecule has 3 aromatic rings. The molecule has 0 spiro atoms. The summed E-state index contributed by atoms with van der Waals surface area (Å²) in [5.74, 6) is 0.339. The van der Waals surface area contributed by atoms with Gasteiger partial charge in [-0.25, -0.2) is 9.18 Å². The first-order chi connectivity index (χ1) is 15.0. The molecule has 0 saturated carbocycles. The van der Waals surface area contributed by atoms with Crippen molar-refractivity contribution in [2.45, 2.75) is 25.9 Å². The molecule has 0 unspecified atom stereocenters. The van der Waals surface area contributed by atoms with Crippen LogP contribution in [0.1, 0.15) is 24.0 Å². The van der Waals surface area contributed by atoms with Crippen molar-refractivity contribution in [3.05, 3.63) is 75.9 Å². The summed E-state index contributed by atoms with van der Waals surface area (Å²) < 4.78 is 23.5. The second-order valence-corrected chi connectivity index (χ2v) is 7.85. The van der Waals surface area contributed by atoms with Crippen LogP contribution in [0.3, 0.4) is 0 Å². The standard InChI is InChI=1S/C24H25FN2O4/c1-30-20-6-7-21-18(12-23(28)31-22(21)13-20)15-27-10-8-17(9-11-27)24(29)26-14-16-2-4-19(25)5-3-16/h2-7,12-13,17H,8-11,14-15H2,1H3,(H,26,29). The Balaban J connectivity index is 1.34. The average molecular weight is 424 g/mol. The zero-order chi connectivity index (χ0) is 21.8. The molecular formula is C24H25FN2O4. The van der Waals surface area contributed by atoms with Crippen molar-refractivity contribution in [2.75, 3.05) is 20.2 Å². The van der Waals surface area contributed by atoms with Crippen molar-refractivity contribution in [2.24, 2.45) is 5.92 Å². The van der Waals surface area contributed by atoms with E-state index >= 15 is 0 Å². The molecule has 0 atom stereocenters. The number of hydrogen-bond acceptors (Lipinski definition) is 5. The topological polar surface area (TPSA) is 71.8 Å². The molecule has 162 valence electrons. The van der Waals surface area contributed by atoms with Gasteiger partial charge in [0.15, 0.2) is 0 Å². The Morgan fingerprint density at radius 1 is 1.16 bits per heavy atom. The number of benzene rings is 2. The predicted octanol–water partition coefficient (Wildman–Crippen LogP) is 3.47. The normalized spacial score (nSPS) is 15.2. The van der Waals surface area contributed by atoms with E-state index in [0.29, 0.717) is 24.4 Å². The lowest BCUT2D eigenvalue weighted by Gasteiger charge is -2.31. The quantitative estimate of drug-likeness (QED) is 0.614. The molecule has 2 aromatic carbocycles. The highest BCUT2D eigenvalue weighted by molar-refractivity contribution is 5.81. The molecule has 6 nitrogen and oxygen atoms in total. The average Bonchev–Trinajstić information content (AvgIpc) is 2.78. The first-order valence-corrected chi connectivity index (χ1v) is 10.4. The van der Waals surface area contributed by atoms with E-state index in [1.165, 1.54) is 18.2 Å². The highest BCUT2D eigenvalue weighted by Crippen LogP contribution is 2.25. The van der Waals surface area contributed by atoms with Gasteiger partial charge in [-0.15, -0.1) is 0 Å². The van der Waals surface area contributed by atoms with E-state index in [9.17, 15) is 14.0 Å². The largest absolute Gasteiger partial charge is 0.497 e. The van der Waals surface area contributed by atoms with Gasteiger partial charge in [-0.05, 0) is 61.3 Å². The Morgan fingerprint density at radius 3 is 2.61 bits per heavy atom. The highest BCUT2D eigenvalue weighted by Gasteiger charge is 2.25. The maximum atomic E-state index is 13.0. The number of carbonyl (C=O) groups is 1. The summed E-state index contributed by atoms with van der Waals surface area (Å²) in [6.45, 7) is 2.56. The molecule has 7 heteroatoms. The Kier molecular flexibility index (Phi) is 6.32. The van der Waals surface area contributed by atoms with Crippen LogP contribution in [0, 0.1) is 11.7 Å². The summed E-state index contributed by atoms with van der Waals surface area (Å²) in [5, 5.41) is 3.84. The molecule has 0 radical (unpaired) electrons. The number of likely N-dealkylation sites (tertiary alicyclic amines) is 1. The van der Waals surface area contributed by atoms with Gasteiger partial charge in [0.05, 0.1) is 7.11 Å². The van der Waals surface area contributed by atoms with E-state index in [1.54, 1.807) is 25.3 Å². The summed E-state index contributed by atoms with van der Waals surface area (Å²) in [5.41, 5.74) is 1.91. The van der Waals surface area contributed by atoms with Crippen LogP contribution in [0.25, 0.3) is 11.0 Å². The molecule has 1 N–H and O–H groups in total. The molecule has 31 heavy (non-hydrogen) atoms. The summed E-state index contributed by atoms with van der Waals surface area (Å²) in [7, 11) is 1.57. The Labute approximate surface area is 179 Å². The van der Waals surface area contributed by atoms with Crippen LogP contribution in [0.5, 0.6) is 5.75 Å². The molecule has 0 bridgehead atoms. The number of piperidine rings is 1. The van der Waals surface area contributed by atoms with Gasteiger partial charge in [0.1, 0.15) is 17.1 Å². The van der Waals surface area contributed by atoms with Crippen LogP contribution in [0.4, 0.5) is 4.39 Å². The molecule has 4 rings (SSSR count). The number of carbonyl (C=O) groups excluding carboxylic acids is 1. The third-order valence-electron chi connectivity index (χ3n) is 5.77. The van der Waals surface area contributed by atoms with E-state index in [2.05, 4.69) is 10.2 Å². The first kappa shape index (κ1) is 21.1. The molecule has 1 aliphatic heterocycles. The van der Waals surface area contributed by atoms with E-state index < -0.39 is 0 Å². The minimum absolute atomic E-state index is 0.0295. The van der Waals surface area contributed by atoms with Gasteiger partial charge in [-0.1, -0.05) is 12.1 Å². The number of methoxy groups -OCH3 is 1. The van der Waals surface area contributed by atoms with Crippen molar-refractivity contribution in [3.8, 4) is 5.75 Å². The van der Waals surface area contributed by atoms with Gasteiger partial charge in [0.25, 0.3) is 0 Å². The number of fused-ring (bicyclic) bond motifs is 1. The van der Waals surface area contributed by atoms with Crippen LogP contribution < -0.4 is 15.7 Å². The number of amides is 1. The molecule has 0 aliphatic carbocycles. The summed E-state index contributed by atoms with van der Waals surface area (Å²) in [6.07, 6.45) is 1.50. The lowest BCUT2D eigenvalue weighted by Crippen LogP contribution is -2.40. The van der Waals surface area contributed by atoms with E-state index in [4.69, 9.17) is 9.15 Å². The minimum Gasteiger partial charge on any atom is -0.497 e. The number of nitrogens with one attached hydrogen (secondary N) is 1. The molecule has 2 heterocycles. The number of nitrogens with zero attached hydrogens (tertiary/aromatic N) is 1. The van der Waals surface area contributed by atoms with Crippen molar-refractivity contribution in [1.29, 1.82) is 0 Å². The molecule has 1 amide bonds. The van der Waals surface area contributed by atoms with Crippen LogP contribution in [0.2, 0.25) is 0 Å². The Hall–Kier alpha value is -3.19. The number of ether oxygens (including phenoxy) is 1. The zero-order valence-corrected chi connectivity index (χ0v) is 17.4. The van der Waals surface area contributed by atoms with Crippen LogP contribution in [-0.2, 0) is 17.9 Å². The van der Waals surface area contributed by atoms with Crippen molar-refractivity contribution < 1.29 is 18.3 Å². The molecule has 1 aromatic heterocycles. The SMILES string of the molecule is COc1ccc2c(CN3CCC(C(=O)NCc4ccc(F)cc4)CC3)cc(=O)oc2c1. The van der Waals surface area contributed by atoms with E-state index in [1.807, 2.05) is 12.1 Å². The second-order valence-electron chi connectivity index (χ2n) is 7.85. The molecule has 1 aliphatic rings. The smallest absolute Gasteiger partial charge is 0.336 e. The highest BCUT2D eigenvalue weighted by atomic mass is 19.1. The fourth-order valence-corrected chi connectivity index (χ4v) is 4.00. The van der Waals surface area contributed by atoms with Crippen molar-refractivity contribution in [1.82, 2.24) is 10.2 Å². The molecule has 1 fully saturated rings. The number of rotatable bonds is 6. The maximum Gasteiger partial charge on any atom is 0.336 e. The first-order valence-electron chi connectivity index (χ1n) is 10.4. The number of hydrogen-bond donors (Lipinski definition) is 1. The van der Waals surface area contributed by atoms with Crippen molar-refractivity contribution in [3.63, 3.8) is 0 Å². The lowest BCUT2D eigenvalue weighted by atomic mass is 9.95. The lowest BCUT2D eigenvalue weighted by molar-refractivity contribution is -0.126. The van der Waals surface area contributed by atoms with Crippen LogP contribution >= 0.6 is 0 Å². The maximum absolute atomic E-state index is 13.0. The van der Waals surface area contributed by atoms with Crippen molar-refractivity contribution >= 4 is 16.9 Å². The van der Waals surface area contributed by atoms with Gasteiger partial charge in [-0.2, -0.15) is 0 Å². The van der Waals surface area contributed by atoms with Gasteiger partial charge in [0.2, 0.25) is 5.91 Å². The van der Waals surface area contributed by atoms with E-state index in [-0.39, 0.29) is 23.3 Å². The monoisotopic (exact) mass is 424 g/mol. The van der Waals surface area contributed by atoms with Crippen LogP contribution in [0.15, 0.2) is 57.7 Å². The van der Waals surface area contributed by atoms with Gasteiger partial charge < -0.3 is 14.5 Å². The molecule has 1 saturated heterocycles. The summed E-state index contributed by atoms with van der Waals surface area (Å²) in [4.78, 5) is 26.8. The third-order valence-corrected chi connectivity index (χ3v) is 5.77. The minimum atomic E-state index is -0.384. The molecular weight excluding hydrogens is 399 g/mol. The Morgan fingerprint density at radius 2 is 1.90 bits per heavy atom. The fraction of sp³-hybridized carbons (Fsp3) is 0.333. The zero-order valence-electron chi connectivity index (χ0n) is 17.4. The van der Waals surface area contributed by atoms with Gasteiger partial charge in [-0.3, -0.25) is 9.69 Å². The third kappa shape index (κ3) is 5.11. The number of halogens is 1.